The van der Waals surface area contributed by atoms with Crippen molar-refractivity contribution < 1.29 is 38.7 Å². The molecule has 9 atom stereocenters. The number of amides is 7. The molecular weight excluding hydrogens is 931 g/mol. The number of aliphatic hydroxyl groups is 1. The van der Waals surface area contributed by atoms with Crippen molar-refractivity contribution in [3.63, 3.8) is 0 Å². The summed E-state index contributed by atoms with van der Waals surface area (Å²) in [6.07, 6.45) is 10.9. The number of hydrogen-bond donors (Lipinski definition) is 10. The minimum atomic E-state index is -0.992. The van der Waals surface area contributed by atoms with E-state index in [1.165, 1.54) is 18.2 Å². The monoisotopic (exact) mass is 1020 g/mol. The Balaban J connectivity index is 1.25. The van der Waals surface area contributed by atoms with Crippen LogP contribution >= 0.6 is 0 Å². The number of rotatable bonds is 21. The van der Waals surface area contributed by atoms with Crippen LogP contribution in [0.2, 0.25) is 0 Å². The fourth-order valence-electron chi connectivity index (χ4n) is 11.0. The molecule has 0 radical (unpaired) electrons. The average molecular weight is 1020 g/mol. The first-order valence-corrected chi connectivity index (χ1v) is 27.2. The largest absolute Gasteiger partial charge is 0.399 e. The predicted octanol–water partition coefficient (Wildman–Crippen LogP) is 2.91. The zero-order valence-corrected chi connectivity index (χ0v) is 45.6. The number of nitrogen functional groups attached to an aromatic ring is 1. The Morgan fingerprint density at radius 3 is 1.42 bits per heavy atom. The summed E-state index contributed by atoms with van der Waals surface area (Å²) in [7, 11) is 3.41. The van der Waals surface area contributed by atoms with Crippen LogP contribution in [-0.4, -0.2) is 151 Å². The molecular formula is C54H91N11O8. The van der Waals surface area contributed by atoms with Gasteiger partial charge in [-0.1, -0.05) is 80.1 Å². The molecule has 4 fully saturated rings. The minimum Gasteiger partial charge on any atom is -0.399 e. The summed E-state index contributed by atoms with van der Waals surface area (Å²) in [4.78, 5) is 101. The van der Waals surface area contributed by atoms with Crippen molar-refractivity contribution in [1.82, 2.24) is 52.3 Å². The molecule has 9 unspecified atom stereocenters. The van der Waals surface area contributed by atoms with Crippen molar-refractivity contribution in [3.8, 4) is 0 Å². The number of carbonyl (C=O) groups is 7. The number of nitrogens with one attached hydrogen (secondary N) is 8. The fourth-order valence-corrected chi connectivity index (χ4v) is 11.0. The van der Waals surface area contributed by atoms with E-state index in [-0.39, 0.29) is 77.3 Å². The van der Waals surface area contributed by atoms with E-state index in [0.717, 1.165) is 64.2 Å². The molecule has 1 aromatic rings. The number of likely N-dealkylation sites (N-methyl/N-ethyl adjacent to an activating group) is 2. The van der Waals surface area contributed by atoms with E-state index >= 15 is 0 Å². The van der Waals surface area contributed by atoms with E-state index < -0.39 is 71.2 Å². The van der Waals surface area contributed by atoms with Gasteiger partial charge in [-0.2, -0.15) is 0 Å². The maximum Gasteiger partial charge on any atom is 0.251 e. The highest BCUT2D eigenvalue weighted by Gasteiger charge is 2.45. The quantitative estimate of drug-likeness (QED) is 0.0630. The van der Waals surface area contributed by atoms with Crippen molar-refractivity contribution in [3.05, 3.63) is 29.3 Å². The van der Waals surface area contributed by atoms with Gasteiger partial charge in [0.1, 0.15) is 24.4 Å². The van der Waals surface area contributed by atoms with Gasteiger partial charge in [-0.05, 0) is 120 Å². The Morgan fingerprint density at radius 1 is 0.603 bits per heavy atom. The van der Waals surface area contributed by atoms with E-state index in [9.17, 15) is 38.7 Å². The summed E-state index contributed by atoms with van der Waals surface area (Å²) < 4.78 is 0. The highest BCUT2D eigenvalue weighted by atomic mass is 16.3. The Kier molecular flexibility index (Phi) is 21.5. The lowest BCUT2D eigenvalue weighted by molar-refractivity contribution is -0.144. The normalized spacial score (nSPS) is 22.0. The Labute approximate surface area is 434 Å². The average Bonchev–Trinajstić information content (AvgIpc) is 4.07. The van der Waals surface area contributed by atoms with Crippen LogP contribution < -0.4 is 48.3 Å². The van der Waals surface area contributed by atoms with Gasteiger partial charge in [0.25, 0.3) is 11.8 Å². The molecule has 2 aliphatic carbocycles. The molecule has 19 heteroatoms. The van der Waals surface area contributed by atoms with Crippen molar-refractivity contribution in [2.24, 2.45) is 22.7 Å². The number of aliphatic hydroxyl groups excluding tert-OH is 1. The van der Waals surface area contributed by atoms with E-state index in [1.807, 2.05) is 48.5 Å². The summed E-state index contributed by atoms with van der Waals surface area (Å²) in [5.74, 6) is -2.17. The number of nitrogens with zero attached hydrogens (tertiary/aromatic N) is 2. The summed E-state index contributed by atoms with van der Waals surface area (Å²) in [6, 6.07) is -0.206. The van der Waals surface area contributed by atoms with Crippen LogP contribution in [-0.2, 0) is 24.0 Å². The lowest BCUT2D eigenvalue weighted by atomic mass is 9.83. The number of benzene rings is 1. The maximum atomic E-state index is 14.2. The molecule has 2 heterocycles. The Morgan fingerprint density at radius 2 is 1.03 bits per heavy atom. The van der Waals surface area contributed by atoms with Gasteiger partial charge in [-0.15, -0.1) is 0 Å². The van der Waals surface area contributed by atoms with E-state index in [0.29, 0.717) is 38.8 Å². The van der Waals surface area contributed by atoms with Crippen LogP contribution in [0.15, 0.2) is 18.2 Å². The smallest absolute Gasteiger partial charge is 0.251 e. The van der Waals surface area contributed by atoms with E-state index in [2.05, 4.69) is 42.5 Å². The molecule has 0 bridgehead atoms. The molecule has 2 aliphatic heterocycles. The molecule has 410 valence electrons. The van der Waals surface area contributed by atoms with Crippen LogP contribution in [0.25, 0.3) is 0 Å². The van der Waals surface area contributed by atoms with Crippen LogP contribution in [0.3, 0.4) is 0 Å². The number of carbonyl (C=O) groups excluding carboxylic acids is 7. The number of hydrogen-bond acceptors (Lipinski definition) is 12. The molecule has 2 saturated carbocycles. The Hall–Kier alpha value is -4.85. The first kappa shape index (κ1) is 59.0. The first-order chi connectivity index (χ1) is 34.4. The zero-order chi connectivity index (χ0) is 53.8. The minimum absolute atomic E-state index is 0.0916. The topological polar surface area (TPSA) is 268 Å². The van der Waals surface area contributed by atoms with Crippen molar-refractivity contribution >= 4 is 47.0 Å². The van der Waals surface area contributed by atoms with E-state index in [1.54, 1.807) is 30.8 Å². The standard InChI is InChI=1S/C54H91N11O8/c1-32(56-9)45(66)62-43(53(3,4)5)51(72)64-25-17-23-41(64)49(70)60-39(34-19-13-11-14-20-34)30-58-47(68)36-27-37(29-38(55)28-36)48(69)59-31-40(35-21-15-12-16-22-35)61-50(71)42-24-18-26-65(42)52(73)44(54(6,7)8)63-46(67)33(2)57-10/h27-29,32-35,39-45,56-57,62,66H,11-26,30-31,55H2,1-10H3,(H,58,68)(H,59,69)(H,60,70)(H,61,71)(H,63,67). The van der Waals surface area contributed by atoms with Gasteiger partial charge in [-0.3, -0.25) is 38.9 Å². The van der Waals surface area contributed by atoms with Crippen molar-refractivity contribution in [2.75, 3.05) is 46.0 Å². The van der Waals surface area contributed by atoms with Crippen molar-refractivity contribution in [2.45, 2.75) is 200 Å². The van der Waals surface area contributed by atoms with Gasteiger partial charge in [0, 0.05) is 61.1 Å². The predicted molar refractivity (Wildman–Crippen MR) is 283 cm³/mol. The highest BCUT2D eigenvalue weighted by Crippen LogP contribution is 2.31. The molecule has 5 rings (SSSR count). The molecule has 19 nitrogen and oxygen atoms in total. The number of anilines is 1. The zero-order valence-electron chi connectivity index (χ0n) is 45.6. The first-order valence-electron chi connectivity index (χ1n) is 27.2. The summed E-state index contributed by atoms with van der Waals surface area (Å²) in [5.41, 5.74) is 5.71. The third-order valence-corrected chi connectivity index (χ3v) is 15.8. The highest BCUT2D eigenvalue weighted by molar-refractivity contribution is 6.01. The molecule has 73 heavy (non-hydrogen) atoms. The third-order valence-electron chi connectivity index (χ3n) is 15.8. The van der Waals surface area contributed by atoms with Gasteiger partial charge in [-0.25, -0.2) is 0 Å². The molecule has 0 spiro atoms. The van der Waals surface area contributed by atoms with Gasteiger partial charge in [0.2, 0.25) is 29.5 Å². The lowest BCUT2D eigenvalue weighted by Gasteiger charge is -2.38. The third kappa shape index (κ3) is 16.1. The van der Waals surface area contributed by atoms with Gasteiger partial charge >= 0.3 is 0 Å². The van der Waals surface area contributed by atoms with Crippen LogP contribution in [0.4, 0.5) is 5.69 Å². The maximum absolute atomic E-state index is 14.2. The molecule has 7 amide bonds. The fraction of sp³-hybridized carbons (Fsp3) is 0.759. The second kappa shape index (κ2) is 26.6. The van der Waals surface area contributed by atoms with Crippen LogP contribution in [0, 0.1) is 22.7 Å². The van der Waals surface area contributed by atoms with E-state index in [4.69, 9.17) is 5.73 Å². The van der Waals surface area contributed by atoms with Crippen LogP contribution in [0.5, 0.6) is 0 Å². The summed E-state index contributed by atoms with van der Waals surface area (Å²) in [5, 5.41) is 35.3. The van der Waals surface area contributed by atoms with Crippen molar-refractivity contribution in [1.29, 1.82) is 0 Å². The van der Waals surface area contributed by atoms with Gasteiger partial charge < -0.3 is 57.9 Å². The molecule has 11 N–H and O–H groups in total. The van der Waals surface area contributed by atoms with Gasteiger partial charge in [0.05, 0.1) is 12.1 Å². The van der Waals surface area contributed by atoms with Crippen LogP contribution in [0.1, 0.15) is 166 Å². The number of likely N-dealkylation sites (tertiary alicyclic amines) is 2. The molecule has 4 aliphatic rings. The van der Waals surface area contributed by atoms with Gasteiger partial charge in [0.15, 0.2) is 0 Å². The molecule has 0 aromatic heterocycles. The second-order valence-corrected chi connectivity index (χ2v) is 23.5. The molecule has 1 aromatic carbocycles. The SMILES string of the molecule is CNC(C)C(=O)NC(C(=O)N1CCCC1C(=O)NC(CNC(=O)c1cc(N)cc(C(=O)NCC(NC(=O)C2CCCN2C(=O)C(NC(O)C(C)NC)C(C)(C)C)C2CCCCC2)c1)C1CCCCC1)C(C)(C)C. The Bertz CT molecular complexity index is 2060. The summed E-state index contributed by atoms with van der Waals surface area (Å²) in [6.45, 7) is 16.0. The number of nitrogens with two attached hydrogens (primary N) is 1. The lowest BCUT2D eigenvalue weighted by Crippen LogP contribution is -2.61. The second-order valence-electron chi connectivity index (χ2n) is 23.5. The summed E-state index contributed by atoms with van der Waals surface area (Å²) >= 11 is 0. The molecule has 2 saturated heterocycles.